The molecule has 0 atom stereocenters. The van der Waals surface area contributed by atoms with E-state index >= 15 is 0 Å². The van der Waals surface area contributed by atoms with E-state index in [1.807, 2.05) is 34.5 Å². The van der Waals surface area contributed by atoms with Crippen LogP contribution in [-0.4, -0.2) is 28.9 Å². The first kappa shape index (κ1) is 15.0. The molecule has 4 nitrogen and oxygen atoms in total. The summed E-state index contributed by atoms with van der Waals surface area (Å²) in [5.41, 5.74) is 8.37. The van der Waals surface area contributed by atoms with Gasteiger partial charge in [0.15, 0.2) is 0 Å². The molecular formula is C17H21N3OS. The van der Waals surface area contributed by atoms with E-state index < -0.39 is 0 Å². The Labute approximate surface area is 135 Å². The fourth-order valence-electron chi connectivity index (χ4n) is 2.73. The maximum atomic E-state index is 12.4. The van der Waals surface area contributed by atoms with Gasteiger partial charge >= 0.3 is 0 Å². The summed E-state index contributed by atoms with van der Waals surface area (Å²) in [6.07, 6.45) is 5.13. The average Bonchev–Trinajstić information content (AvgIpc) is 2.81. The predicted molar refractivity (Wildman–Crippen MR) is 90.7 cm³/mol. The molecule has 1 aliphatic rings. The number of anilines is 1. The summed E-state index contributed by atoms with van der Waals surface area (Å²) in [4.78, 5) is 19.0. The van der Waals surface area contributed by atoms with Crippen LogP contribution in [0.2, 0.25) is 0 Å². The van der Waals surface area contributed by atoms with E-state index in [0.717, 1.165) is 47.9 Å². The number of hydrogen-bond acceptors (Lipinski definition) is 4. The van der Waals surface area contributed by atoms with Gasteiger partial charge in [-0.1, -0.05) is 12.8 Å². The van der Waals surface area contributed by atoms with Gasteiger partial charge in [0, 0.05) is 29.7 Å². The van der Waals surface area contributed by atoms with E-state index in [1.54, 1.807) is 11.3 Å². The van der Waals surface area contributed by atoms with E-state index in [-0.39, 0.29) is 5.91 Å². The zero-order chi connectivity index (χ0) is 15.4. The van der Waals surface area contributed by atoms with E-state index in [4.69, 9.17) is 5.73 Å². The molecular weight excluding hydrogens is 294 g/mol. The Morgan fingerprint density at radius 2 is 1.82 bits per heavy atom. The second-order valence-corrected chi connectivity index (χ2v) is 6.60. The van der Waals surface area contributed by atoms with Crippen LogP contribution in [0, 0.1) is 0 Å². The third kappa shape index (κ3) is 3.65. The molecule has 2 N–H and O–H groups in total. The van der Waals surface area contributed by atoms with Crippen molar-refractivity contribution in [2.75, 3.05) is 18.8 Å². The van der Waals surface area contributed by atoms with Gasteiger partial charge in [-0.15, -0.1) is 11.3 Å². The van der Waals surface area contributed by atoms with Gasteiger partial charge in [0.25, 0.3) is 0 Å². The molecule has 5 heteroatoms. The third-order valence-corrected chi connectivity index (χ3v) is 4.94. The predicted octanol–water partition coefficient (Wildman–Crippen LogP) is 3.34. The summed E-state index contributed by atoms with van der Waals surface area (Å²) < 4.78 is 0. The Morgan fingerprint density at radius 1 is 1.14 bits per heavy atom. The molecule has 1 aromatic carbocycles. The van der Waals surface area contributed by atoms with Crippen molar-refractivity contribution < 1.29 is 4.79 Å². The first-order valence-corrected chi connectivity index (χ1v) is 8.68. The van der Waals surface area contributed by atoms with E-state index in [2.05, 4.69) is 4.98 Å². The molecule has 0 bridgehead atoms. The molecule has 2 aromatic rings. The van der Waals surface area contributed by atoms with Gasteiger partial charge in [-0.05, 0) is 37.1 Å². The van der Waals surface area contributed by atoms with Crippen LogP contribution in [0.25, 0.3) is 10.6 Å². The SMILES string of the molecule is Nc1ccc(-c2nc(CC(=O)N3CCCCCC3)cs2)cc1. The van der Waals surface area contributed by atoms with Crippen molar-refractivity contribution >= 4 is 22.9 Å². The van der Waals surface area contributed by atoms with Crippen LogP contribution < -0.4 is 5.73 Å². The number of likely N-dealkylation sites (tertiary alicyclic amines) is 1. The number of aromatic nitrogens is 1. The van der Waals surface area contributed by atoms with Gasteiger partial charge in [-0.2, -0.15) is 0 Å². The lowest BCUT2D eigenvalue weighted by atomic mass is 10.2. The molecule has 1 saturated heterocycles. The number of carbonyl (C=O) groups excluding carboxylic acids is 1. The molecule has 1 fully saturated rings. The van der Waals surface area contributed by atoms with E-state index in [9.17, 15) is 4.79 Å². The molecule has 0 saturated carbocycles. The Morgan fingerprint density at radius 3 is 2.50 bits per heavy atom. The van der Waals surface area contributed by atoms with Gasteiger partial charge in [-0.25, -0.2) is 4.98 Å². The fourth-order valence-corrected chi connectivity index (χ4v) is 3.56. The summed E-state index contributed by atoms with van der Waals surface area (Å²) in [6.45, 7) is 1.79. The zero-order valence-corrected chi connectivity index (χ0v) is 13.4. The summed E-state index contributed by atoms with van der Waals surface area (Å²) in [5.74, 6) is 0.205. The molecule has 0 spiro atoms. The van der Waals surface area contributed by atoms with Gasteiger partial charge in [-0.3, -0.25) is 4.79 Å². The minimum absolute atomic E-state index is 0.205. The standard InChI is InChI=1S/C17H21N3OS/c18-14-7-5-13(6-8-14)17-19-15(12-22-17)11-16(21)20-9-3-1-2-4-10-20/h5-8,12H,1-4,9-11,18H2. The van der Waals surface area contributed by atoms with Crippen molar-refractivity contribution in [1.29, 1.82) is 0 Å². The number of amides is 1. The van der Waals surface area contributed by atoms with Crippen LogP contribution in [0.15, 0.2) is 29.6 Å². The topological polar surface area (TPSA) is 59.2 Å². The lowest BCUT2D eigenvalue weighted by Gasteiger charge is -2.19. The van der Waals surface area contributed by atoms with Crippen molar-refractivity contribution in [3.8, 4) is 10.6 Å². The number of thiazole rings is 1. The van der Waals surface area contributed by atoms with Crippen LogP contribution in [0.5, 0.6) is 0 Å². The molecule has 3 rings (SSSR count). The lowest BCUT2D eigenvalue weighted by molar-refractivity contribution is -0.130. The van der Waals surface area contributed by atoms with Crippen molar-refractivity contribution in [1.82, 2.24) is 9.88 Å². The summed E-state index contributed by atoms with van der Waals surface area (Å²) in [5, 5.41) is 2.93. The second kappa shape index (κ2) is 6.92. The minimum Gasteiger partial charge on any atom is -0.399 e. The van der Waals surface area contributed by atoms with Crippen LogP contribution in [0.4, 0.5) is 5.69 Å². The zero-order valence-electron chi connectivity index (χ0n) is 12.6. The summed E-state index contributed by atoms with van der Waals surface area (Å²) >= 11 is 1.58. The molecule has 0 unspecified atom stereocenters. The maximum absolute atomic E-state index is 12.4. The molecule has 0 radical (unpaired) electrons. The van der Waals surface area contributed by atoms with Crippen molar-refractivity contribution in [3.63, 3.8) is 0 Å². The van der Waals surface area contributed by atoms with Crippen molar-refractivity contribution in [2.45, 2.75) is 32.1 Å². The van der Waals surface area contributed by atoms with E-state index in [0.29, 0.717) is 6.42 Å². The number of nitrogen functional groups attached to an aromatic ring is 1. The normalized spacial score (nSPS) is 15.5. The summed E-state index contributed by atoms with van der Waals surface area (Å²) in [6, 6.07) is 7.68. The molecule has 2 heterocycles. The monoisotopic (exact) mass is 315 g/mol. The fraction of sp³-hybridized carbons (Fsp3) is 0.412. The average molecular weight is 315 g/mol. The number of carbonyl (C=O) groups is 1. The number of nitrogens with two attached hydrogens (primary N) is 1. The van der Waals surface area contributed by atoms with Gasteiger partial charge in [0.05, 0.1) is 12.1 Å². The maximum Gasteiger partial charge on any atom is 0.228 e. The van der Waals surface area contributed by atoms with E-state index in [1.165, 1.54) is 12.8 Å². The molecule has 1 aromatic heterocycles. The molecule has 1 amide bonds. The largest absolute Gasteiger partial charge is 0.399 e. The number of benzene rings is 1. The second-order valence-electron chi connectivity index (χ2n) is 5.74. The number of hydrogen-bond donors (Lipinski definition) is 1. The van der Waals surface area contributed by atoms with Gasteiger partial charge in [0.2, 0.25) is 5.91 Å². The molecule has 1 aliphatic heterocycles. The molecule has 0 aliphatic carbocycles. The molecule has 22 heavy (non-hydrogen) atoms. The Hall–Kier alpha value is -1.88. The van der Waals surface area contributed by atoms with Gasteiger partial charge < -0.3 is 10.6 Å². The van der Waals surface area contributed by atoms with Crippen LogP contribution in [0.3, 0.4) is 0 Å². The first-order valence-electron chi connectivity index (χ1n) is 7.80. The summed E-state index contributed by atoms with van der Waals surface area (Å²) in [7, 11) is 0. The highest BCUT2D eigenvalue weighted by Gasteiger charge is 2.17. The smallest absolute Gasteiger partial charge is 0.228 e. The lowest BCUT2D eigenvalue weighted by Crippen LogP contribution is -2.33. The highest BCUT2D eigenvalue weighted by atomic mass is 32.1. The third-order valence-electron chi connectivity index (χ3n) is 4.00. The minimum atomic E-state index is 0.205. The first-order chi connectivity index (χ1) is 10.7. The Kier molecular flexibility index (Phi) is 4.73. The molecule has 116 valence electrons. The highest BCUT2D eigenvalue weighted by molar-refractivity contribution is 7.13. The number of rotatable bonds is 3. The van der Waals surface area contributed by atoms with Crippen molar-refractivity contribution in [2.24, 2.45) is 0 Å². The van der Waals surface area contributed by atoms with Gasteiger partial charge in [0.1, 0.15) is 5.01 Å². The van der Waals surface area contributed by atoms with Crippen LogP contribution in [-0.2, 0) is 11.2 Å². The van der Waals surface area contributed by atoms with Crippen LogP contribution in [0.1, 0.15) is 31.4 Å². The Bertz CT molecular complexity index is 628. The highest BCUT2D eigenvalue weighted by Crippen LogP contribution is 2.25. The quantitative estimate of drug-likeness (QED) is 0.884. The van der Waals surface area contributed by atoms with Crippen LogP contribution >= 0.6 is 11.3 Å². The van der Waals surface area contributed by atoms with Crippen molar-refractivity contribution in [3.05, 3.63) is 35.3 Å². The Balaban J connectivity index is 1.66. The number of nitrogens with zero attached hydrogens (tertiary/aromatic N) is 2.